The highest BCUT2D eigenvalue weighted by Crippen LogP contribution is 2.27. The van der Waals surface area contributed by atoms with Gasteiger partial charge in [0.25, 0.3) is 0 Å². The van der Waals surface area contributed by atoms with Crippen LogP contribution in [0.5, 0.6) is 0 Å². The first-order valence-corrected chi connectivity index (χ1v) is 7.32. The molecule has 0 amide bonds. The van der Waals surface area contributed by atoms with E-state index in [1.807, 2.05) is 6.92 Å². The lowest BCUT2D eigenvalue weighted by Crippen LogP contribution is -2.42. The van der Waals surface area contributed by atoms with Crippen LogP contribution in [0.15, 0.2) is 0 Å². The molecule has 3 nitrogen and oxygen atoms in total. The number of likely N-dealkylation sites (tertiary alicyclic amines) is 1. The molecular formula is C15H29NO2. The molecule has 1 unspecified atom stereocenters. The number of piperidine rings is 1. The van der Waals surface area contributed by atoms with Gasteiger partial charge < -0.3 is 4.74 Å². The van der Waals surface area contributed by atoms with Gasteiger partial charge in [-0.2, -0.15) is 0 Å². The summed E-state index contributed by atoms with van der Waals surface area (Å²) in [6.07, 6.45) is 5.47. The van der Waals surface area contributed by atoms with E-state index in [0.717, 1.165) is 19.5 Å². The van der Waals surface area contributed by atoms with E-state index in [4.69, 9.17) is 4.74 Å². The summed E-state index contributed by atoms with van der Waals surface area (Å²) in [4.78, 5) is 14.2. The van der Waals surface area contributed by atoms with Crippen LogP contribution in [0.25, 0.3) is 0 Å². The van der Waals surface area contributed by atoms with E-state index in [9.17, 15) is 4.79 Å². The fourth-order valence-corrected chi connectivity index (χ4v) is 2.73. The fourth-order valence-electron chi connectivity index (χ4n) is 2.73. The number of ether oxygens (including phenoxy) is 1. The first-order chi connectivity index (χ1) is 8.42. The Balaban J connectivity index is 2.58. The summed E-state index contributed by atoms with van der Waals surface area (Å²) in [7, 11) is 0. The molecule has 1 heterocycles. The van der Waals surface area contributed by atoms with E-state index in [0.29, 0.717) is 19.1 Å². The molecule has 1 rings (SSSR count). The number of rotatable bonds is 5. The molecule has 1 aliphatic heterocycles. The van der Waals surface area contributed by atoms with Crippen molar-refractivity contribution in [1.29, 1.82) is 0 Å². The van der Waals surface area contributed by atoms with Gasteiger partial charge in [0.05, 0.1) is 13.0 Å². The minimum Gasteiger partial charge on any atom is -0.466 e. The molecule has 0 radical (unpaired) electrons. The minimum atomic E-state index is -0.0441. The van der Waals surface area contributed by atoms with E-state index < -0.39 is 0 Å². The summed E-state index contributed by atoms with van der Waals surface area (Å²) in [6, 6.07) is 0.351. The first kappa shape index (κ1) is 15.5. The summed E-state index contributed by atoms with van der Waals surface area (Å²) in [6.45, 7) is 11.4. The van der Waals surface area contributed by atoms with Crippen molar-refractivity contribution < 1.29 is 9.53 Å². The SMILES string of the molecule is CCOC(=O)CC(CC(C)(C)C)N1CCCCC1. The van der Waals surface area contributed by atoms with Crippen molar-refractivity contribution in [3.8, 4) is 0 Å². The Morgan fingerprint density at radius 3 is 2.33 bits per heavy atom. The lowest BCUT2D eigenvalue weighted by Gasteiger charge is -2.37. The number of hydrogen-bond donors (Lipinski definition) is 0. The molecule has 3 heteroatoms. The van der Waals surface area contributed by atoms with Crippen molar-refractivity contribution >= 4 is 5.97 Å². The number of esters is 1. The average Bonchev–Trinajstić information content (AvgIpc) is 2.28. The Morgan fingerprint density at radius 2 is 1.83 bits per heavy atom. The van der Waals surface area contributed by atoms with Crippen molar-refractivity contribution in [2.75, 3.05) is 19.7 Å². The zero-order valence-electron chi connectivity index (χ0n) is 12.5. The molecule has 0 N–H and O–H groups in total. The van der Waals surface area contributed by atoms with Gasteiger partial charge in [-0.1, -0.05) is 27.2 Å². The molecule has 106 valence electrons. The third kappa shape index (κ3) is 5.85. The lowest BCUT2D eigenvalue weighted by molar-refractivity contribution is -0.145. The number of hydrogen-bond acceptors (Lipinski definition) is 3. The van der Waals surface area contributed by atoms with Crippen LogP contribution >= 0.6 is 0 Å². The second-order valence-corrected chi connectivity index (χ2v) is 6.52. The van der Waals surface area contributed by atoms with Crippen LogP contribution in [0.3, 0.4) is 0 Å². The van der Waals surface area contributed by atoms with Gasteiger partial charge in [-0.15, -0.1) is 0 Å². The normalized spacial score (nSPS) is 19.6. The molecule has 0 saturated carbocycles. The second kappa shape index (κ2) is 7.13. The highest BCUT2D eigenvalue weighted by Gasteiger charge is 2.27. The van der Waals surface area contributed by atoms with E-state index in [1.165, 1.54) is 19.3 Å². The highest BCUT2D eigenvalue weighted by atomic mass is 16.5. The van der Waals surface area contributed by atoms with Crippen LogP contribution in [0.2, 0.25) is 0 Å². The first-order valence-electron chi connectivity index (χ1n) is 7.32. The zero-order valence-corrected chi connectivity index (χ0v) is 12.5. The van der Waals surface area contributed by atoms with Gasteiger partial charge in [0.2, 0.25) is 0 Å². The van der Waals surface area contributed by atoms with Crippen LogP contribution in [-0.4, -0.2) is 36.6 Å². The van der Waals surface area contributed by atoms with E-state index in [-0.39, 0.29) is 11.4 Å². The predicted octanol–water partition coefficient (Wildman–Crippen LogP) is 3.23. The van der Waals surface area contributed by atoms with Crippen molar-refractivity contribution in [1.82, 2.24) is 4.90 Å². The van der Waals surface area contributed by atoms with E-state index in [1.54, 1.807) is 0 Å². The van der Waals surface area contributed by atoms with Gasteiger partial charge in [0.15, 0.2) is 0 Å². The van der Waals surface area contributed by atoms with E-state index in [2.05, 4.69) is 25.7 Å². The van der Waals surface area contributed by atoms with Crippen LogP contribution in [0.4, 0.5) is 0 Å². The molecule has 0 aromatic heterocycles. The topological polar surface area (TPSA) is 29.5 Å². The maximum atomic E-state index is 11.7. The van der Waals surface area contributed by atoms with Crippen molar-refractivity contribution in [2.45, 2.75) is 65.8 Å². The maximum absolute atomic E-state index is 11.7. The van der Waals surface area contributed by atoms with Gasteiger partial charge in [-0.25, -0.2) is 0 Å². The summed E-state index contributed by atoms with van der Waals surface area (Å²) in [5.74, 6) is -0.0441. The van der Waals surface area contributed by atoms with Crippen molar-refractivity contribution in [3.05, 3.63) is 0 Å². The molecule has 0 aromatic rings. The van der Waals surface area contributed by atoms with Crippen LogP contribution < -0.4 is 0 Å². The Hall–Kier alpha value is -0.570. The van der Waals surface area contributed by atoms with Crippen molar-refractivity contribution in [3.63, 3.8) is 0 Å². The molecule has 1 aliphatic rings. The van der Waals surface area contributed by atoms with Gasteiger partial charge in [0.1, 0.15) is 0 Å². The largest absolute Gasteiger partial charge is 0.466 e. The Labute approximate surface area is 112 Å². The van der Waals surface area contributed by atoms with Gasteiger partial charge >= 0.3 is 5.97 Å². The number of nitrogens with zero attached hydrogens (tertiary/aromatic N) is 1. The fraction of sp³-hybridized carbons (Fsp3) is 0.933. The van der Waals surface area contributed by atoms with Gasteiger partial charge in [-0.05, 0) is 44.7 Å². The molecule has 0 aromatic carbocycles. The lowest BCUT2D eigenvalue weighted by atomic mass is 9.85. The predicted molar refractivity (Wildman–Crippen MR) is 74.5 cm³/mol. The monoisotopic (exact) mass is 255 g/mol. The molecule has 0 aliphatic carbocycles. The molecule has 0 spiro atoms. The van der Waals surface area contributed by atoms with Crippen LogP contribution in [0.1, 0.15) is 59.8 Å². The smallest absolute Gasteiger partial charge is 0.307 e. The Kier molecular flexibility index (Phi) is 6.13. The zero-order chi connectivity index (χ0) is 13.6. The van der Waals surface area contributed by atoms with E-state index >= 15 is 0 Å². The Bertz CT molecular complexity index is 252. The molecule has 1 atom stereocenters. The third-order valence-electron chi connectivity index (χ3n) is 3.46. The molecule has 1 fully saturated rings. The number of carbonyl (C=O) groups excluding carboxylic acids is 1. The van der Waals surface area contributed by atoms with Gasteiger partial charge in [0, 0.05) is 6.04 Å². The summed E-state index contributed by atoms with van der Waals surface area (Å²) in [5.41, 5.74) is 0.259. The van der Waals surface area contributed by atoms with Crippen LogP contribution in [0, 0.1) is 5.41 Å². The molecule has 1 saturated heterocycles. The third-order valence-corrected chi connectivity index (χ3v) is 3.46. The minimum absolute atomic E-state index is 0.0441. The second-order valence-electron chi connectivity index (χ2n) is 6.52. The standard InChI is InChI=1S/C15H29NO2/c1-5-18-14(17)11-13(12-15(2,3)4)16-9-7-6-8-10-16/h13H,5-12H2,1-4H3. The summed E-state index contributed by atoms with van der Waals surface area (Å²) < 4.78 is 5.11. The number of carbonyl (C=O) groups is 1. The van der Waals surface area contributed by atoms with Gasteiger partial charge in [-0.3, -0.25) is 9.69 Å². The van der Waals surface area contributed by atoms with Crippen molar-refractivity contribution in [2.24, 2.45) is 5.41 Å². The molecule has 18 heavy (non-hydrogen) atoms. The molecule has 0 bridgehead atoms. The summed E-state index contributed by atoms with van der Waals surface area (Å²) in [5, 5.41) is 0. The Morgan fingerprint density at radius 1 is 1.22 bits per heavy atom. The molecular weight excluding hydrogens is 226 g/mol. The quantitative estimate of drug-likeness (QED) is 0.706. The average molecular weight is 255 g/mol. The maximum Gasteiger partial charge on any atom is 0.307 e. The summed E-state index contributed by atoms with van der Waals surface area (Å²) >= 11 is 0. The van der Waals surface area contributed by atoms with Crippen LogP contribution in [-0.2, 0) is 9.53 Å². The highest BCUT2D eigenvalue weighted by molar-refractivity contribution is 5.70.